The van der Waals surface area contributed by atoms with Gasteiger partial charge in [-0.05, 0) is 31.1 Å². The Balaban J connectivity index is 2.32. The van der Waals surface area contributed by atoms with Crippen molar-refractivity contribution in [3.05, 3.63) is 18.7 Å². The van der Waals surface area contributed by atoms with Gasteiger partial charge in [-0.2, -0.15) is 0 Å². The van der Waals surface area contributed by atoms with Gasteiger partial charge in [0, 0.05) is 18.9 Å². The second-order valence-corrected chi connectivity index (χ2v) is 5.21. The number of nitrogens with zero attached hydrogens (tertiary/aromatic N) is 2. The smallest absolute Gasteiger partial charge is 0.0945 e. The largest absolute Gasteiger partial charge is 0.337 e. The molecule has 0 bridgehead atoms. The van der Waals surface area contributed by atoms with E-state index in [1.54, 1.807) is 0 Å². The minimum Gasteiger partial charge on any atom is -0.337 e. The Hall–Kier alpha value is -0.790. The number of hydrogen-bond acceptors (Lipinski definition) is 1. The van der Waals surface area contributed by atoms with Crippen molar-refractivity contribution >= 4 is 0 Å². The van der Waals surface area contributed by atoms with Crippen molar-refractivity contribution in [1.82, 2.24) is 9.55 Å². The maximum atomic E-state index is 4.07. The second kappa shape index (κ2) is 6.72. The van der Waals surface area contributed by atoms with Crippen LogP contribution in [-0.2, 0) is 6.54 Å². The lowest BCUT2D eigenvalue weighted by atomic mass is 9.77. The molecule has 2 heteroatoms. The molecule has 0 saturated carbocycles. The van der Waals surface area contributed by atoms with Crippen LogP contribution in [0.5, 0.6) is 0 Å². The molecule has 1 aromatic rings. The fourth-order valence-corrected chi connectivity index (χ4v) is 2.69. The molecule has 0 spiro atoms. The average molecular weight is 222 g/mol. The van der Waals surface area contributed by atoms with Gasteiger partial charge in [0.2, 0.25) is 0 Å². The highest BCUT2D eigenvalue weighted by Crippen LogP contribution is 2.34. The fourth-order valence-electron chi connectivity index (χ4n) is 2.69. The molecular formula is C14H26N2. The van der Waals surface area contributed by atoms with Crippen LogP contribution in [0.1, 0.15) is 59.3 Å². The summed E-state index contributed by atoms with van der Waals surface area (Å²) < 4.78 is 2.18. The van der Waals surface area contributed by atoms with Crippen LogP contribution in [0.2, 0.25) is 0 Å². The molecule has 0 amide bonds. The van der Waals surface area contributed by atoms with Crippen LogP contribution < -0.4 is 0 Å². The Morgan fingerprint density at radius 3 is 2.31 bits per heavy atom. The lowest BCUT2D eigenvalue weighted by Gasteiger charge is -2.29. The van der Waals surface area contributed by atoms with Gasteiger partial charge in [-0.25, -0.2) is 4.98 Å². The highest BCUT2D eigenvalue weighted by atomic mass is 15.0. The summed E-state index contributed by atoms with van der Waals surface area (Å²) in [6, 6.07) is 0. The van der Waals surface area contributed by atoms with Gasteiger partial charge in [-0.3, -0.25) is 0 Å². The highest BCUT2D eigenvalue weighted by Gasteiger charge is 2.21. The first kappa shape index (κ1) is 13.3. The van der Waals surface area contributed by atoms with Crippen molar-refractivity contribution in [3.63, 3.8) is 0 Å². The topological polar surface area (TPSA) is 17.8 Å². The first-order valence-electron chi connectivity index (χ1n) is 6.66. The monoisotopic (exact) mass is 222 g/mol. The van der Waals surface area contributed by atoms with Crippen LogP contribution >= 0.6 is 0 Å². The lowest BCUT2D eigenvalue weighted by molar-refractivity contribution is 0.233. The van der Waals surface area contributed by atoms with E-state index >= 15 is 0 Å². The lowest BCUT2D eigenvalue weighted by Crippen LogP contribution is -2.16. The third kappa shape index (κ3) is 4.38. The van der Waals surface area contributed by atoms with E-state index in [-0.39, 0.29) is 0 Å². The summed E-state index contributed by atoms with van der Waals surface area (Å²) in [5.74, 6) is 0. The van der Waals surface area contributed by atoms with E-state index in [1.807, 2.05) is 12.5 Å². The first-order chi connectivity index (χ1) is 7.70. The van der Waals surface area contributed by atoms with Gasteiger partial charge in [-0.15, -0.1) is 0 Å². The summed E-state index contributed by atoms with van der Waals surface area (Å²) in [5.41, 5.74) is 0.560. The van der Waals surface area contributed by atoms with E-state index in [4.69, 9.17) is 0 Å². The minimum atomic E-state index is 0.560. The van der Waals surface area contributed by atoms with E-state index < -0.39 is 0 Å². The van der Waals surface area contributed by atoms with Gasteiger partial charge < -0.3 is 4.57 Å². The van der Waals surface area contributed by atoms with Crippen molar-refractivity contribution in [2.45, 2.75) is 65.8 Å². The summed E-state index contributed by atoms with van der Waals surface area (Å²) in [4.78, 5) is 4.07. The Morgan fingerprint density at radius 2 is 1.81 bits per heavy atom. The fraction of sp³-hybridized carbons (Fsp3) is 0.786. The molecule has 0 fully saturated rings. The van der Waals surface area contributed by atoms with E-state index in [2.05, 4.69) is 36.5 Å². The molecule has 92 valence electrons. The predicted octanol–water partition coefficient (Wildman–Crippen LogP) is 4.27. The zero-order valence-corrected chi connectivity index (χ0v) is 11.1. The van der Waals surface area contributed by atoms with Crippen molar-refractivity contribution in [2.75, 3.05) is 0 Å². The third-order valence-corrected chi connectivity index (χ3v) is 3.46. The van der Waals surface area contributed by atoms with Gasteiger partial charge in [0.05, 0.1) is 6.33 Å². The maximum Gasteiger partial charge on any atom is 0.0945 e. The van der Waals surface area contributed by atoms with Crippen molar-refractivity contribution in [3.8, 4) is 0 Å². The molecule has 0 atom stereocenters. The quantitative estimate of drug-likeness (QED) is 0.642. The Kier molecular flexibility index (Phi) is 5.58. The summed E-state index contributed by atoms with van der Waals surface area (Å²) in [5, 5.41) is 0. The summed E-state index contributed by atoms with van der Waals surface area (Å²) in [7, 11) is 0. The molecule has 0 saturated heterocycles. The number of aromatic nitrogens is 2. The molecule has 1 heterocycles. The van der Waals surface area contributed by atoms with E-state index in [1.165, 1.54) is 38.5 Å². The van der Waals surface area contributed by atoms with Crippen LogP contribution in [0, 0.1) is 5.41 Å². The van der Waals surface area contributed by atoms with E-state index in [0.717, 1.165) is 6.54 Å². The van der Waals surface area contributed by atoms with Crippen LogP contribution in [0.25, 0.3) is 0 Å². The molecule has 0 unspecified atom stereocenters. The third-order valence-electron chi connectivity index (χ3n) is 3.46. The van der Waals surface area contributed by atoms with E-state index in [0.29, 0.717) is 5.41 Å². The SMILES string of the molecule is CCCC(C)(CCC)CCCn1ccnc1. The molecule has 0 radical (unpaired) electrons. The highest BCUT2D eigenvalue weighted by molar-refractivity contribution is 4.76. The standard InChI is InChI=1S/C14H26N2/c1-4-7-14(3,8-5-2)9-6-11-16-12-10-15-13-16/h10,12-13H,4-9,11H2,1-3H3. The summed E-state index contributed by atoms with van der Waals surface area (Å²) >= 11 is 0. The maximum absolute atomic E-state index is 4.07. The zero-order valence-electron chi connectivity index (χ0n) is 11.1. The molecule has 0 N–H and O–H groups in total. The van der Waals surface area contributed by atoms with Crippen LogP contribution in [0.3, 0.4) is 0 Å². The molecule has 2 nitrogen and oxygen atoms in total. The summed E-state index contributed by atoms with van der Waals surface area (Å²) in [6.45, 7) is 8.16. The molecule has 0 aliphatic heterocycles. The van der Waals surface area contributed by atoms with Crippen molar-refractivity contribution in [1.29, 1.82) is 0 Å². The Labute approximate surface area is 100 Å². The van der Waals surface area contributed by atoms with Crippen LogP contribution in [0.15, 0.2) is 18.7 Å². The number of aryl methyl sites for hydroxylation is 1. The Bertz CT molecular complexity index is 258. The predicted molar refractivity (Wildman–Crippen MR) is 69.4 cm³/mol. The van der Waals surface area contributed by atoms with Crippen molar-refractivity contribution in [2.24, 2.45) is 5.41 Å². The summed E-state index contributed by atoms with van der Waals surface area (Å²) in [6.07, 6.45) is 13.8. The van der Waals surface area contributed by atoms with Gasteiger partial charge >= 0.3 is 0 Å². The van der Waals surface area contributed by atoms with Gasteiger partial charge in [0.25, 0.3) is 0 Å². The van der Waals surface area contributed by atoms with Crippen LogP contribution in [0.4, 0.5) is 0 Å². The Morgan fingerprint density at radius 1 is 1.12 bits per heavy atom. The van der Waals surface area contributed by atoms with Crippen LogP contribution in [-0.4, -0.2) is 9.55 Å². The average Bonchev–Trinajstić information content (AvgIpc) is 2.71. The molecule has 0 aromatic carbocycles. The number of imidazole rings is 1. The van der Waals surface area contributed by atoms with Gasteiger partial charge in [0.1, 0.15) is 0 Å². The van der Waals surface area contributed by atoms with Gasteiger partial charge in [-0.1, -0.05) is 33.6 Å². The molecular weight excluding hydrogens is 196 g/mol. The molecule has 16 heavy (non-hydrogen) atoms. The zero-order chi connectivity index (χ0) is 11.9. The second-order valence-electron chi connectivity index (χ2n) is 5.21. The number of rotatable bonds is 8. The first-order valence-corrected chi connectivity index (χ1v) is 6.66. The molecule has 0 aliphatic carbocycles. The number of hydrogen-bond donors (Lipinski definition) is 0. The van der Waals surface area contributed by atoms with E-state index in [9.17, 15) is 0 Å². The molecule has 1 aromatic heterocycles. The molecule has 0 aliphatic rings. The molecule has 1 rings (SSSR count). The van der Waals surface area contributed by atoms with Crippen molar-refractivity contribution < 1.29 is 0 Å². The normalized spacial score (nSPS) is 11.9. The minimum absolute atomic E-state index is 0.560. The van der Waals surface area contributed by atoms with Gasteiger partial charge in [0.15, 0.2) is 0 Å².